The SMILES string of the molecule is CCCCOC(=O)c1ccc(N2C(=O)C[C@@H](N3CCC[C@@H](C(=O)OCC)C3)C2=O)cc1. The van der Waals surface area contributed by atoms with Gasteiger partial charge in [0.2, 0.25) is 5.91 Å². The summed E-state index contributed by atoms with van der Waals surface area (Å²) in [6.07, 6.45) is 3.31. The summed E-state index contributed by atoms with van der Waals surface area (Å²) in [5.41, 5.74) is 0.811. The van der Waals surface area contributed by atoms with Crippen LogP contribution in [-0.4, -0.2) is 61.0 Å². The number of esters is 2. The molecule has 8 nitrogen and oxygen atoms in total. The second-order valence-electron chi connectivity index (χ2n) is 7.91. The number of carbonyl (C=O) groups is 4. The number of anilines is 1. The van der Waals surface area contributed by atoms with Crippen molar-refractivity contribution in [3.63, 3.8) is 0 Å². The maximum absolute atomic E-state index is 13.1. The Balaban J connectivity index is 1.66. The van der Waals surface area contributed by atoms with Gasteiger partial charge < -0.3 is 9.47 Å². The van der Waals surface area contributed by atoms with Crippen molar-refractivity contribution in [1.29, 1.82) is 0 Å². The first-order chi connectivity index (χ1) is 15.0. The highest BCUT2D eigenvalue weighted by molar-refractivity contribution is 6.22. The van der Waals surface area contributed by atoms with Crippen LogP contribution in [0.5, 0.6) is 0 Å². The van der Waals surface area contributed by atoms with E-state index in [1.807, 2.05) is 11.8 Å². The van der Waals surface area contributed by atoms with E-state index in [0.717, 1.165) is 25.7 Å². The van der Waals surface area contributed by atoms with Crippen LogP contribution in [0.4, 0.5) is 5.69 Å². The van der Waals surface area contributed by atoms with Crippen molar-refractivity contribution in [2.24, 2.45) is 5.92 Å². The molecule has 0 aliphatic carbocycles. The van der Waals surface area contributed by atoms with Crippen LogP contribution in [0, 0.1) is 5.92 Å². The molecule has 2 atom stereocenters. The van der Waals surface area contributed by atoms with Crippen LogP contribution in [0.15, 0.2) is 24.3 Å². The summed E-state index contributed by atoms with van der Waals surface area (Å²) in [7, 11) is 0. The zero-order valence-electron chi connectivity index (χ0n) is 18.2. The van der Waals surface area contributed by atoms with Crippen molar-refractivity contribution >= 4 is 29.4 Å². The molecule has 2 amide bonds. The maximum Gasteiger partial charge on any atom is 0.338 e. The highest BCUT2D eigenvalue weighted by Crippen LogP contribution is 2.29. The topological polar surface area (TPSA) is 93.2 Å². The second kappa shape index (κ2) is 10.5. The number of ether oxygens (including phenoxy) is 2. The van der Waals surface area contributed by atoms with Crippen molar-refractivity contribution in [2.75, 3.05) is 31.2 Å². The van der Waals surface area contributed by atoms with Gasteiger partial charge in [-0.15, -0.1) is 0 Å². The Morgan fingerprint density at radius 1 is 1.10 bits per heavy atom. The van der Waals surface area contributed by atoms with Gasteiger partial charge in [0.1, 0.15) is 0 Å². The number of hydrogen-bond acceptors (Lipinski definition) is 7. The minimum absolute atomic E-state index is 0.0786. The van der Waals surface area contributed by atoms with Crippen LogP contribution < -0.4 is 4.90 Å². The first kappa shape index (κ1) is 22.9. The smallest absolute Gasteiger partial charge is 0.338 e. The van der Waals surface area contributed by atoms with Gasteiger partial charge in [-0.25, -0.2) is 9.69 Å². The highest BCUT2D eigenvalue weighted by atomic mass is 16.5. The number of rotatable bonds is 8. The Hall–Kier alpha value is -2.74. The zero-order valence-corrected chi connectivity index (χ0v) is 18.2. The van der Waals surface area contributed by atoms with E-state index in [-0.39, 0.29) is 30.1 Å². The van der Waals surface area contributed by atoms with Crippen molar-refractivity contribution in [3.05, 3.63) is 29.8 Å². The number of carbonyl (C=O) groups excluding carboxylic acids is 4. The normalized spacial score (nSPS) is 21.9. The third-order valence-electron chi connectivity index (χ3n) is 5.73. The average Bonchev–Trinajstić information content (AvgIpc) is 3.08. The lowest BCUT2D eigenvalue weighted by atomic mass is 9.96. The number of amides is 2. The van der Waals surface area contributed by atoms with Crippen molar-refractivity contribution in [2.45, 2.75) is 52.0 Å². The van der Waals surface area contributed by atoms with Crippen LogP contribution in [0.3, 0.4) is 0 Å². The third-order valence-corrected chi connectivity index (χ3v) is 5.73. The van der Waals surface area contributed by atoms with Gasteiger partial charge in [0.25, 0.3) is 5.91 Å². The summed E-state index contributed by atoms with van der Waals surface area (Å²) in [5.74, 6) is -1.53. The monoisotopic (exact) mass is 430 g/mol. The van der Waals surface area contributed by atoms with E-state index in [1.54, 1.807) is 31.2 Å². The minimum Gasteiger partial charge on any atom is -0.466 e. The van der Waals surface area contributed by atoms with Crippen LogP contribution in [0.1, 0.15) is 56.3 Å². The Morgan fingerprint density at radius 3 is 2.52 bits per heavy atom. The molecule has 31 heavy (non-hydrogen) atoms. The van der Waals surface area contributed by atoms with Gasteiger partial charge in [0.05, 0.1) is 42.8 Å². The van der Waals surface area contributed by atoms with E-state index in [1.165, 1.54) is 4.90 Å². The molecule has 2 aliphatic rings. The average molecular weight is 431 g/mol. The van der Waals surface area contributed by atoms with Crippen LogP contribution in [0.25, 0.3) is 0 Å². The molecule has 1 aromatic rings. The molecule has 168 valence electrons. The van der Waals surface area contributed by atoms with E-state index in [0.29, 0.717) is 37.6 Å². The number of imide groups is 1. The molecule has 0 spiro atoms. The lowest BCUT2D eigenvalue weighted by Crippen LogP contribution is -2.48. The summed E-state index contributed by atoms with van der Waals surface area (Å²) >= 11 is 0. The summed E-state index contributed by atoms with van der Waals surface area (Å²) in [6, 6.07) is 5.73. The first-order valence-electron chi connectivity index (χ1n) is 11.0. The van der Waals surface area contributed by atoms with E-state index in [2.05, 4.69) is 0 Å². The third kappa shape index (κ3) is 5.31. The van der Waals surface area contributed by atoms with Crippen molar-refractivity contribution < 1.29 is 28.7 Å². The Bertz CT molecular complexity index is 822. The van der Waals surface area contributed by atoms with E-state index >= 15 is 0 Å². The van der Waals surface area contributed by atoms with Crippen LogP contribution >= 0.6 is 0 Å². The Kier molecular flexibility index (Phi) is 7.79. The molecular weight excluding hydrogens is 400 g/mol. The van der Waals surface area contributed by atoms with E-state index in [9.17, 15) is 19.2 Å². The van der Waals surface area contributed by atoms with Crippen LogP contribution in [-0.2, 0) is 23.9 Å². The predicted octanol–water partition coefficient (Wildman–Crippen LogP) is 2.55. The maximum atomic E-state index is 13.1. The quantitative estimate of drug-likeness (QED) is 0.355. The Morgan fingerprint density at radius 2 is 1.84 bits per heavy atom. The number of likely N-dealkylation sites (tertiary alicyclic amines) is 1. The Labute approximate surface area is 182 Å². The molecule has 2 heterocycles. The predicted molar refractivity (Wildman–Crippen MR) is 113 cm³/mol. The fourth-order valence-corrected chi connectivity index (χ4v) is 4.05. The molecule has 0 saturated carbocycles. The fourth-order valence-electron chi connectivity index (χ4n) is 4.05. The number of nitrogens with zero attached hydrogens (tertiary/aromatic N) is 2. The van der Waals surface area contributed by atoms with Gasteiger partial charge in [-0.3, -0.25) is 19.3 Å². The highest BCUT2D eigenvalue weighted by Gasteiger charge is 2.44. The fraction of sp³-hybridized carbons (Fsp3) is 0.565. The molecule has 3 rings (SSSR count). The lowest BCUT2D eigenvalue weighted by molar-refractivity contribution is -0.150. The van der Waals surface area contributed by atoms with Gasteiger partial charge in [-0.05, 0) is 57.0 Å². The molecule has 2 fully saturated rings. The summed E-state index contributed by atoms with van der Waals surface area (Å²) < 4.78 is 10.3. The molecule has 0 bridgehead atoms. The summed E-state index contributed by atoms with van der Waals surface area (Å²) in [6.45, 7) is 5.55. The molecule has 1 aromatic carbocycles. The molecule has 0 aromatic heterocycles. The second-order valence-corrected chi connectivity index (χ2v) is 7.91. The van der Waals surface area contributed by atoms with Crippen LogP contribution in [0.2, 0.25) is 0 Å². The molecule has 2 aliphatic heterocycles. The van der Waals surface area contributed by atoms with Crippen molar-refractivity contribution in [3.8, 4) is 0 Å². The first-order valence-corrected chi connectivity index (χ1v) is 11.0. The van der Waals surface area contributed by atoms with Crippen molar-refractivity contribution in [1.82, 2.24) is 4.90 Å². The zero-order chi connectivity index (χ0) is 22.4. The molecule has 0 radical (unpaired) electrons. The molecule has 0 N–H and O–H groups in total. The minimum atomic E-state index is -0.580. The van der Waals surface area contributed by atoms with E-state index in [4.69, 9.17) is 9.47 Å². The molecule has 8 heteroatoms. The molecular formula is C23H30N2O6. The lowest BCUT2D eigenvalue weighted by Gasteiger charge is -2.34. The van der Waals surface area contributed by atoms with Gasteiger partial charge in [-0.1, -0.05) is 13.3 Å². The van der Waals surface area contributed by atoms with E-state index < -0.39 is 12.0 Å². The number of benzene rings is 1. The summed E-state index contributed by atoms with van der Waals surface area (Å²) in [5, 5.41) is 0. The van der Waals surface area contributed by atoms with Gasteiger partial charge >= 0.3 is 11.9 Å². The summed E-state index contributed by atoms with van der Waals surface area (Å²) in [4.78, 5) is 53.0. The molecule has 2 saturated heterocycles. The molecule has 0 unspecified atom stereocenters. The number of hydrogen-bond donors (Lipinski definition) is 0. The standard InChI is InChI=1S/C23H30N2O6/c1-3-5-13-31-22(28)16-8-10-18(11-9-16)25-20(26)14-19(21(25)27)24-12-6-7-17(15-24)23(29)30-4-2/h8-11,17,19H,3-7,12-15H2,1-2H3/t17-,19-/m1/s1. The van der Waals surface area contributed by atoms with Gasteiger partial charge in [0.15, 0.2) is 0 Å². The van der Waals surface area contributed by atoms with Gasteiger partial charge in [0, 0.05) is 6.54 Å². The number of unbranched alkanes of at least 4 members (excludes halogenated alkanes) is 1. The number of piperidine rings is 1. The largest absolute Gasteiger partial charge is 0.466 e. The van der Waals surface area contributed by atoms with Gasteiger partial charge in [-0.2, -0.15) is 0 Å².